The van der Waals surface area contributed by atoms with E-state index in [2.05, 4.69) is 5.32 Å². The summed E-state index contributed by atoms with van der Waals surface area (Å²) in [5.74, 6) is -0.365. The van der Waals surface area contributed by atoms with Gasteiger partial charge in [0.1, 0.15) is 12.6 Å². The molecule has 1 N–H and O–H groups in total. The number of sulfonamides is 1. The number of ether oxygens (including phenoxy) is 2. The maximum Gasteiger partial charge on any atom is 0.264 e. The zero-order valence-corrected chi connectivity index (χ0v) is 28.1. The van der Waals surface area contributed by atoms with Gasteiger partial charge in [0, 0.05) is 31.1 Å². The highest BCUT2D eigenvalue weighted by atomic mass is 35.5. The Labute approximate surface area is 275 Å². The molecule has 0 radical (unpaired) electrons. The van der Waals surface area contributed by atoms with Crippen LogP contribution in [0.2, 0.25) is 5.02 Å². The molecule has 0 aliphatic rings. The molecule has 0 spiro atoms. The molecule has 11 heteroatoms. The van der Waals surface area contributed by atoms with Crippen molar-refractivity contribution in [3.8, 4) is 11.5 Å². The number of carbonyl (C=O) groups is 2. The maximum atomic E-state index is 14.5. The highest BCUT2D eigenvalue weighted by Crippen LogP contribution is 2.33. The SMILES string of the molecule is CNC(=O)C(Cc1ccccc1)N(Cc1ccc(Cl)cc1)C(=O)CN(c1cc(C)cc(C)c1)S(=O)(=O)c1ccc(OC)c(OC)c1. The predicted molar refractivity (Wildman–Crippen MR) is 180 cm³/mol. The number of nitrogens with zero attached hydrogens (tertiary/aromatic N) is 2. The minimum absolute atomic E-state index is 0.0397. The van der Waals surface area contributed by atoms with Gasteiger partial charge in [0.15, 0.2) is 11.5 Å². The number of aryl methyl sites for hydroxylation is 2. The first-order valence-corrected chi connectivity index (χ1v) is 16.4. The Kier molecular flexibility index (Phi) is 11.3. The van der Waals surface area contributed by atoms with Crippen molar-refractivity contribution in [1.29, 1.82) is 0 Å². The third kappa shape index (κ3) is 8.18. The second-order valence-electron chi connectivity index (χ2n) is 10.8. The van der Waals surface area contributed by atoms with Crippen LogP contribution in [0.15, 0.2) is 95.9 Å². The summed E-state index contributed by atoms with van der Waals surface area (Å²) in [6.45, 7) is 3.18. The number of halogens is 1. The van der Waals surface area contributed by atoms with E-state index in [1.807, 2.05) is 50.2 Å². The first-order valence-electron chi connectivity index (χ1n) is 14.6. The van der Waals surface area contributed by atoms with E-state index in [4.69, 9.17) is 21.1 Å². The molecule has 4 aromatic carbocycles. The van der Waals surface area contributed by atoms with Crippen LogP contribution in [0, 0.1) is 13.8 Å². The van der Waals surface area contributed by atoms with Crippen molar-refractivity contribution < 1.29 is 27.5 Å². The molecule has 0 bridgehead atoms. The summed E-state index contributed by atoms with van der Waals surface area (Å²) in [6, 6.07) is 25.0. The number of benzene rings is 4. The lowest BCUT2D eigenvalue weighted by molar-refractivity contribution is -0.139. The molecule has 9 nitrogen and oxygen atoms in total. The van der Waals surface area contributed by atoms with Gasteiger partial charge in [-0.15, -0.1) is 0 Å². The van der Waals surface area contributed by atoms with Crippen LogP contribution in [0.25, 0.3) is 0 Å². The molecular weight excluding hydrogens is 626 g/mol. The molecule has 0 saturated carbocycles. The molecular formula is C35H38ClN3O6S. The number of anilines is 1. The lowest BCUT2D eigenvalue weighted by atomic mass is 10.0. The van der Waals surface area contributed by atoms with Gasteiger partial charge in [0.2, 0.25) is 11.8 Å². The molecule has 0 heterocycles. The Balaban J connectivity index is 1.83. The fourth-order valence-electron chi connectivity index (χ4n) is 5.23. The van der Waals surface area contributed by atoms with Gasteiger partial charge in [-0.3, -0.25) is 13.9 Å². The number of carbonyl (C=O) groups excluding carboxylic acids is 2. The number of nitrogens with one attached hydrogen (secondary N) is 1. The van der Waals surface area contributed by atoms with Crippen LogP contribution in [-0.2, 0) is 32.6 Å². The molecule has 4 rings (SSSR count). The summed E-state index contributed by atoms with van der Waals surface area (Å²) < 4.78 is 40.6. The van der Waals surface area contributed by atoms with E-state index in [9.17, 15) is 18.0 Å². The molecule has 0 aliphatic carbocycles. The van der Waals surface area contributed by atoms with Crippen LogP contribution in [0.5, 0.6) is 11.5 Å². The molecule has 1 unspecified atom stereocenters. The van der Waals surface area contributed by atoms with Crippen molar-refractivity contribution in [1.82, 2.24) is 10.2 Å². The van der Waals surface area contributed by atoms with Crippen molar-refractivity contribution in [3.63, 3.8) is 0 Å². The number of hydrogen-bond donors (Lipinski definition) is 1. The first-order chi connectivity index (χ1) is 22.0. The van der Waals surface area contributed by atoms with Crippen LogP contribution in [0.4, 0.5) is 5.69 Å². The number of amides is 2. The average Bonchev–Trinajstić information content (AvgIpc) is 3.05. The van der Waals surface area contributed by atoms with Gasteiger partial charge in [-0.2, -0.15) is 0 Å². The normalized spacial score (nSPS) is 11.8. The molecule has 0 fully saturated rings. The van der Waals surface area contributed by atoms with E-state index in [-0.39, 0.29) is 29.5 Å². The van der Waals surface area contributed by atoms with Crippen molar-refractivity contribution in [2.75, 3.05) is 32.1 Å². The summed E-state index contributed by atoms with van der Waals surface area (Å²) in [7, 11) is 0.0530. The van der Waals surface area contributed by atoms with Gasteiger partial charge < -0.3 is 19.7 Å². The van der Waals surface area contributed by atoms with Crippen LogP contribution in [-0.4, -0.2) is 59.0 Å². The summed E-state index contributed by atoms with van der Waals surface area (Å²) in [4.78, 5) is 29.2. The van der Waals surface area contributed by atoms with Crippen LogP contribution in [0.3, 0.4) is 0 Å². The van der Waals surface area contributed by atoms with Gasteiger partial charge in [0.25, 0.3) is 10.0 Å². The molecule has 0 saturated heterocycles. The molecule has 0 aliphatic heterocycles. The number of methoxy groups -OCH3 is 2. The van der Waals surface area contributed by atoms with Gasteiger partial charge in [-0.25, -0.2) is 8.42 Å². The predicted octanol–water partition coefficient (Wildman–Crippen LogP) is 5.56. The Morgan fingerprint density at radius 1 is 0.826 bits per heavy atom. The minimum atomic E-state index is -4.33. The first kappa shape index (κ1) is 34.3. The summed E-state index contributed by atoms with van der Waals surface area (Å²) in [6.07, 6.45) is 0.214. The van der Waals surface area contributed by atoms with E-state index in [0.29, 0.717) is 16.5 Å². The van der Waals surface area contributed by atoms with E-state index in [0.717, 1.165) is 26.6 Å². The second-order valence-corrected chi connectivity index (χ2v) is 13.1. The lowest BCUT2D eigenvalue weighted by Crippen LogP contribution is -2.53. The Morgan fingerprint density at radius 3 is 2.04 bits per heavy atom. The Morgan fingerprint density at radius 2 is 1.46 bits per heavy atom. The number of rotatable bonds is 13. The number of hydrogen-bond acceptors (Lipinski definition) is 6. The molecule has 0 aromatic heterocycles. The van der Waals surface area contributed by atoms with Crippen LogP contribution >= 0.6 is 11.6 Å². The topological polar surface area (TPSA) is 105 Å². The minimum Gasteiger partial charge on any atom is -0.493 e. The maximum absolute atomic E-state index is 14.5. The monoisotopic (exact) mass is 663 g/mol. The molecule has 46 heavy (non-hydrogen) atoms. The van der Waals surface area contributed by atoms with E-state index < -0.39 is 28.5 Å². The van der Waals surface area contributed by atoms with E-state index in [1.165, 1.54) is 44.4 Å². The summed E-state index contributed by atoms with van der Waals surface area (Å²) in [5.41, 5.74) is 3.52. The largest absolute Gasteiger partial charge is 0.493 e. The summed E-state index contributed by atoms with van der Waals surface area (Å²) in [5, 5.41) is 3.21. The third-order valence-corrected chi connectivity index (χ3v) is 9.52. The fraction of sp³-hybridized carbons (Fsp3) is 0.257. The van der Waals surface area contributed by atoms with Crippen LogP contribution < -0.4 is 19.1 Å². The zero-order chi connectivity index (χ0) is 33.4. The number of likely N-dealkylation sites (N-methyl/N-ethyl adjacent to an activating group) is 1. The zero-order valence-electron chi connectivity index (χ0n) is 26.5. The standard InChI is InChI=1S/C35H38ClN3O6S/c1-24-17-25(2)19-29(18-24)39(46(42,43)30-15-16-32(44-4)33(21-30)45-5)23-34(40)38(22-27-11-13-28(36)14-12-27)31(35(41)37-3)20-26-9-7-6-8-10-26/h6-19,21,31H,20,22-23H2,1-5H3,(H,37,41). The van der Waals surface area contributed by atoms with Crippen molar-refractivity contribution in [3.05, 3.63) is 118 Å². The summed E-state index contributed by atoms with van der Waals surface area (Å²) >= 11 is 6.13. The third-order valence-electron chi connectivity index (χ3n) is 7.50. The quantitative estimate of drug-likeness (QED) is 0.201. The molecule has 242 valence electrons. The highest BCUT2D eigenvalue weighted by Gasteiger charge is 2.35. The molecule has 2 amide bonds. The Hall–Kier alpha value is -4.54. The molecule has 4 aromatic rings. The van der Waals surface area contributed by atoms with Crippen LogP contribution in [0.1, 0.15) is 22.3 Å². The van der Waals surface area contributed by atoms with Gasteiger partial charge in [-0.1, -0.05) is 60.1 Å². The highest BCUT2D eigenvalue weighted by molar-refractivity contribution is 7.92. The van der Waals surface area contributed by atoms with Gasteiger partial charge >= 0.3 is 0 Å². The fourth-order valence-corrected chi connectivity index (χ4v) is 6.77. The van der Waals surface area contributed by atoms with Gasteiger partial charge in [0.05, 0.1) is 24.8 Å². The van der Waals surface area contributed by atoms with Crippen molar-refractivity contribution in [2.24, 2.45) is 0 Å². The smallest absolute Gasteiger partial charge is 0.264 e. The van der Waals surface area contributed by atoms with E-state index >= 15 is 0 Å². The second kappa shape index (κ2) is 15.2. The lowest BCUT2D eigenvalue weighted by Gasteiger charge is -2.33. The Bertz CT molecular complexity index is 1760. The molecule has 1 atom stereocenters. The van der Waals surface area contributed by atoms with Crippen molar-refractivity contribution in [2.45, 2.75) is 37.8 Å². The van der Waals surface area contributed by atoms with E-state index in [1.54, 1.807) is 36.4 Å². The average molecular weight is 664 g/mol. The van der Waals surface area contributed by atoms with Crippen molar-refractivity contribution >= 4 is 39.1 Å². The van der Waals surface area contributed by atoms with Gasteiger partial charge in [-0.05, 0) is 72.5 Å².